The van der Waals surface area contributed by atoms with Gasteiger partial charge in [-0.1, -0.05) is 18.6 Å². The van der Waals surface area contributed by atoms with E-state index in [-0.39, 0.29) is 11.6 Å². The van der Waals surface area contributed by atoms with Gasteiger partial charge in [-0.15, -0.1) is 0 Å². The number of benzene rings is 2. The average Bonchev–Trinajstić information content (AvgIpc) is 3.32. The lowest BCUT2D eigenvalue weighted by molar-refractivity contribution is -0.109. The van der Waals surface area contributed by atoms with Gasteiger partial charge in [0.25, 0.3) is 0 Å². The van der Waals surface area contributed by atoms with E-state index in [2.05, 4.69) is 22.1 Å². The molecule has 7 nitrogen and oxygen atoms in total. The van der Waals surface area contributed by atoms with E-state index in [1.165, 1.54) is 24.3 Å². The molecule has 0 unspecified atom stereocenters. The molecule has 0 spiro atoms. The maximum absolute atomic E-state index is 13.6. The van der Waals surface area contributed by atoms with Gasteiger partial charge in [-0.05, 0) is 81.3 Å². The van der Waals surface area contributed by atoms with Crippen LogP contribution in [0.3, 0.4) is 0 Å². The van der Waals surface area contributed by atoms with Crippen LogP contribution < -0.4 is 5.32 Å². The minimum Gasteiger partial charge on any atom is -0.357 e. The molecular weight excluding hydrogens is 486 g/mol. The number of halogens is 2. The van der Waals surface area contributed by atoms with Crippen molar-refractivity contribution in [2.45, 2.75) is 40.2 Å². The largest absolute Gasteiger partial charge is 0.357 e. The molecular formula is C29H34F2N6O. The SMILES string of the molecule is CC/C=C/N=C(C=C(C)C)N(CCCn1nc(-c2ccc(F)cc2)nc1-c1ccc(F)cc1)CCNC=O. The Hall–Kier alpha value is -4.14. The maximum Gasteiger partial charge on any atom is 0.207 e. The van der Waals surface area contributed by atoms with Gasteiger partial charge in [-0.25, -0.2) is 23.4 Å². The first-order valence-electron chi connectivity index (χ1n) is 12.7. The zero-order valence-corrected chi connectivity index (χ0v) is 22.1. The lowest BCUT2D eigenvalue weighted by Crippen LogP contribution is -2.37. The number of hydrogen-bond donors (Lipinski definition) is 1. The quantitative estimate of drug-likeness (QED) is 0.137. The third kappa shape index (κ3) is 8.47. The van der Waals surface area contributed by atoms with Crippen molar-refractivity contribution >= 4 is 12.2 Å². The Balaban J connectivity index is 1.86. The first-order chi connectivity index (χ1) is 18.4. The van der Waals surface area contributed by atoms with Crippen LogP contribution in [0.5, 0.6) is 0 Å². The van der Waals surface area contributed by atoms with E-state index < -0.39 is 0 Å². The molecule has 200 valence electrons. The molecule has 0 fully saturated rings. The van der Waals surface area contributed by atoms with Crippen LogP contribution in [0.1, 0.15) is 33.6 Å². The Kier molecular flexibility index (Phi) is 10.9. The van der Waals surface area contributed by atoms with Crippen LogP contribution in [0.4, 0.5) is 8.78 Å². The Labute approximate surface area is 222 Å². The number of amidine groups is 1. The number of nitrogens with zero attached hydrogens (tertiary/aromatic N) is 5. The Morgan fingerprint density at radius 3 is 2.29 bits per heavy atom. The molecule has 1 N–H and O–H groups in total. The van der Waals surface area contributed by atoms with Gasteiger partial charge in [0.2, 0.25) is 6.41 Å². The summed E-state index contributed by atoms with van der Waals surface area (Å²) in [4.78, 5) is 22.3. The van der Waals surface area contributed by atoms with Crippen molar-refractivity contribution in [1.29, 1.82) is 0 Å². The van der Waals surface area contributed by atoms with Crippen LogP contribution in [0.15, 0.2) is 77.4 Å². The first-order valence-corrected chi connectivity index (χ1v) is 12.7. The Morgan fingerprint density at radius 2 is 1.68 bits per heavy atom. The van der Waals surface area contributed by atoms with E-state index in [1.807, 2.05) is 26.0 Å². The van der Waals surface area contributed by atoms with Gasteiger partial charge in [0.05, 0.1) is 0 Å². The van der Waals surface area contributed by atoms with E-state index in [0.29, 0.717) is 56.2 Å². The lowest BCUT2D eigenvalue weighted by Gasteiger charge is -2.25. The Morgan fingerprint density at radius 1 is 1.03 bits per heavy atom. The summed E-state index contributed by atoms with van der Waals surface area (Å²) in [6.07, 6.45) is 8.08. The summed E-state index contributed by atoms with van der Waals surface area (Å²) in [5.41, 5.74) is 2.53. The lowest BCUT2D eigenvalue weighted by atomic mass is 10.2. The van der Waals surface area contributed by atoms with Gasteiger partial charge in [0, 0.05) is 43.5 Å². The molecule has 1 aromatic heterocycles. The van der Waals surface area contributed by atoms with Crippen LogP contribution in [0.25, 0.3) is 22.8 Å². The first kappa shape index (κ1) is 28.4. The number of aryl methyl sites for hydroxylation is 1. The molecule has 0 saturated heterocycles. The molecule has 0 aliphatic heterocycles. The number of carbonyl (C=O) groups excluding carboxylic acids is 1. The minimum absolute atomic E-state index is 0.332. The number of nitrogens with one attached hydrogen (secondary N) is 1. The fraction of sp³-hybridized carbons (Fsp3) is 0.310. The van der Waals surface area contributed by atoms with Crippen LogP contribution in [0.2, 0.25) is 0 Å². The van der Waals surface area contributed by atoms with Gasteiger partial charge in [-0.3, -0.25) is 4.79 Å². The number of aromatic nitrogens is 3. The summed E-state index contributed by atoms with van der Waals surface area (Å²) in [5, 5.41) is 7.42. The summed E-state index contributed by atoms with van der Waals surface area (Å²) in [5.74, 6) is 1.21. The van der Waals surface area contributed by atoms with Crippen LogP contribution in [0, 0.1) is 11.6 Å². The molecule has 1 amide bonds. The van der Waals surface area contributed by atoms with E-state index in [0.717, 1.165) is 23.4 Å². The molecule has 0 radical (unpaired) electrons. The van der Waals surface area contributed by atoms with Crippen molar-refractivity contribution in [3.8, 4) is 22.8 Å². The van der Waals surface area contributed by atoms with Crippen molar-refractivity contribution in [3.05, 3.63) is 84.1 Å². The van der Waals surface area contributed by atoms with Crippen molar-refractivity contribution in [3.63, 3.8) is 0 Å². The molecule has 0 aliphatic carbocycles. The molecule has 0 saturated carbocycles. The number of allylic oxidation sites excluding steroid dienone is 2. The monoisotopic (exact) mass is 520 g/mol. The fourth-order valence-electron chi connectivity index (χ4n) is 3.75. The number of carbonyl (C=O) groups is 1. The molecule has 9 heteroatoms. The molecule has 38 heavy (non-hydrogen) atoms. The van der Waals surface area contributed by atoms with Crippen LogP contribution in [-0.4, -0.2) is 51.5 Å². The van der Waals surface area contributed by atoms with E-state index in [4.69, 9.17) is 10.1 Å². The summed E-state index contributed by atoms with van der Waals surface area (Å²) < 4.78 is 28.8. The van der Waals surface area contributed by atoms with Gasteiger partial charge in [0.1, 0.15) is 17.5 Å². The minimum atomic E-state index is -0.335. The topological polar surface area (TPSA) is 75.4 Å². The van der Waals surface area contributed by atoms with E-state index in [9.17, 15) is 13.6 Å². The van der Waals surface area contributed by atoms with Gasteiger partial charge >= 0.3 is 0 Å². The zero-order chi connectivity index (χ0) is 27.3. The average molecular weight is 521 g/mol. The smallest absolute Gasteiger partial charge is 0.207 e. The Bertz CT molecular complexity index is 1260. The predicted octanol–water partition coefficient (Wildman–Crippen LogP) is 5.62. The standard InChI is InChI=1S/C29H34F2N6O/c1-4-5-15-33-27(20-22(2)3)36(19-16-32-21-38)17-6-18-37-29(24-9-13-26(31)14-10-24)34-28(35-37)23-7-11-25(30)12-8-23/h5,7-15,20-21H,4,6,16-19H2,1-3H3,(H,32,38)/b15-5+,33-27?. The van der Waals surface area contributed by atoms with Crippen LogP contribution >= 0.6 is 0 Å². The third-order valence-corrected chi connectivity index (χ3v) is 5.57. The van der Waals surface area contributed by atoms with Crippen molar-refractivity contribution in [1.82, 2.24) is 25.0 Å². The second kappa shape index (κ2) is 14.6. The van der Waals surface area contributed by atoms with E-state index in [1.54, 1.807) is 35.1 Å². The number of hydrogen-bond acceptors (Lipinski definition) is 4. The number of rotatable bonds is 13. The fourth-order valence-corrected chi connectivity index (χ4v) is 3.75. The number of amides is 1. The summed E-state index contributed by atoms with van der Waals surface area (Å²) >= 11 is 0. The highest BCUT2D eigenvalue weighted by molar-refractivity contribution is 5.94. The van der Waals surface area contributed by atoms with Crippen molar-refractivity contribution in [2.24, 2.45) is 4.99 Å². The highest BCUT2D eigenvalue weighted by atomic mass is 19.1. The second-order valence-electron chi connectivity index (χ2n) is 8.91. The summed E-state index contributed by atoms with van der Waals surface area (Å²) in [6.45, 7) is 8.34. The molecule has 3 aromatic rings. The van der Waals surface area contributed by atoms with Crippen molar-refractivity contribution < 1.29 is 13.6 Å². The third-order valence-electron chi connectivity index (χ3n) is 5.57. The molecule has 0 atom stereocenters. The van der Waals surface area contributed by atoms with E-state index >= 15 is 0 Å². The predicted molar refractivity (Wildman–Crippen MR) is 147 cm³/mol. The zero-order valence-electron chi connectivity index (χ0n) is 22.1. The molecule has 0 aliphatic rings. The summed E-state index contributed by atoms with van der Waals surface area (Å²) in [7, 11) is 0. The molecule has 2 aromatic carbocycles. The molecule has 1 heterocycles. The van der Waals surface area contributed by atoms with Crippen LogP contribution in [-0.2, 0) is 11.3 Å². The second-order valence-corrected chi connectivity index (χ2v) is 8.91. The maximum atomic E-state index is 13.6. The normalized spacial score (nSPS) is 11.6. The van der Waals surface area contributed by atoms with Gasteiger partial charge in [-0.2, -0.15) is 5.10 Å². The van der Waals surface area contributed by atoms with Crippen molar-refractivity contribution in [2.75, 3.05) is 19.6 Å². The van der Waals surface area contributed by atoms with Gasteiger partial charge in [0.15, 0.2) is 11.6 Å². The number of aliphatic imine (C=N–C) groups is 1. The highest BCUT2D eigenvalue weighted by Crippen LogP contribution is 2.23. The molecule has 3 rings (SSSR count). The van der Waals surface area contributed by atoms with Gasteiger partial charge < -0.3 is 10.2 Å². The summed E-state index contributed by atoms with van der Waals surface area (Å²) in [6, 6.07) is 12.1. The molecule has 0 bridgehead atoms. The highest BCUT2D eigenvalue weighted by Gasteiger charge is 2.15.